The van der Waals surface area contributed by atoms with E-state index in [2.05, 4.69) is 40.5 Å². The Morgan fingerprint density at radius 2 is 2.00 bits per heavy atom. The van der Waals surface area contributed by atoms with Gasteiger partial charge in [0.1, 0.15) is 5.52 Å². The van der Waals surface area contributed by atoms with Crippen molar-refractivity contribution < 1.29 is 0 Å². The molecular formula is C11H9N3. The molecule has 0 radical (unpaired) electrons. The fourth-order valence-electron chi connectivity index (χ4n) is 1.83. The van der Waals surface area contributed by atoms with E-state index in [0.29, 0.717) is 0 Å². The van der Waals surface area contributed by atoms with Crippen LogP contribution in [0.15, 0.2) is 30.3 Å². The number of fused-ring (bicyclic) bond motifs is 3. The Morgan fingerprint density at radius 3 is 2.93 bits per heavy atom. The van der Waals surface area contributed by atoms with Crippen LogP contribution in [0.1, 0.15) is 5.56 Å². The summed E-state index contributed by atoms with van der Waals surface area (Å²) in [7, 11) is 0. The molecule has 1 heterocycles. The topological polar surface area (TPSA) is 41.6 Å². The molecule has 0 saturated carbocycles. The molecule has 1 N–H and O–H groups in total. The Morgan fingerprint density at radius 1 is 1.07 bits per heavy atom. The highest BCUT2D eigenvalue weighted by molar-refractivity contribution is 6.04. The maximum absolute atomic E-state index is 4.08. The van der Waals surface area contributed by atoms with E-state index in [1.807, 2.05) is 12.1 Å². The lowest BCUT2D eigenvalue weighted by molar-refractivity contribution is 0.960. The van der Waals surface area contributed by atoms with E-state index < -0.39 is 0 Å². The second kappa shape index (κ2) is 2.54. The molecule has 0 fully saturated rings. The van der Waals surface area contributed by atoms with Crippen LogP contribution in [0.2, 0.25) is 0 Å². The van der Waals surface area contributed by atoms with Gasteiger partial charge in [0.05, 0.1) is 5.52 Å². The Balaban J connectivity index is 2.64. The van der Waals surface area contributed by atoms with Crippen LogP contribution < -0.4 is 0 Å². The van der Waals surface area contributed by atoms with Gasteiger partial charge in [-0.15, -0.1) is 5.10 Å². The van der Waals surface area contributed by atoms with Gasteiger partial charge in [-0.3, -0.25) is 5.10 Å². The summed E-state index contributed by atoms with van der Waals surface area (Å²) >= 11 is 0. The molecule has 0 aliphatic heterocycles. The van der Waals surface area contributed by atoms with Crippen LogP contribution >= 0.6 is 0 Å². The molecule has 3 aromatic rings. The Labute approximate surface area is 80.7 Å². The molecule has 1 aromatic heterocycles. The van der Waals surface area contributed by atoms with Crippen LogP contribution in [-0.2, 0) is 0 Å². The second-order valence-corrected chi connectivity index (χ2v) is 3.44. The van der Waals surface area contributed by atoms with E-state index in [9.17, 15) is 0 Å². The van der Waals surface area contributed by atoms with E-state index >= 15 is 0 Å². The Hall–Kier alpha value is -1.90. The summed E-state index contributed by atoms with van der Waals surface area (Å²) in [6, 6.07) is 10.4. The molecule has 0 unspecified atom stereocenters. The first kappa shape index (κ1) is 7.50. The van der Waals surface area contributed by atoms with Gasteiger partial charge >= 0.3 is 0 Å². The number of aromatic nitrogens is 3. The van der Waals surface area contributed by atoms with Crippen LogP contribution in [0, 0.1) is 6.92 Å². The maximum Gasteiger partial charge on any atom is 0.120 e. The number of benzene rings is 2. The SMILES string of the molecule is Cc1cccc2c1ccc1[nH]nnc12. The smallest absolute Gasteiger partial charge is 0.120 e. The molecular weight excluding hydrogens is 174 g/mol. The fraction of sp³-hybridized carbons (Fsp3) is 0.0909. The zero-order chi connectivity index (χ0) is 9.54. The average Bonchev–Trinajstić information content (AvgIpc) is 2.66. The third kappa shape index (κ3) is 0.865. The highest BCUT2D eigenvalue weighted by Gasteiger charge is 2.03. The Kier molecular flexibility index (Phi) is 1.36. The molecule has 3 rings (SSSR count). The minimum Gasteiger partial charge on any atom is -0.258 e. The van der Waals surface area contributed by atoms with Crippen molar-refractivity contribution in [2.45, 2.75) is 6.92 Å². The molecule has 14 heavy (non-hydrogen) atoms. The van der Waals surface area contributed by atoms with Crippen LogP contribution in [0.25, 0.3) is 21.8 Å². The number of aryl methyl sites for hydroxylation is 1. The molecule has 0 amide bonds. The molecule has 0 saturated heterocycles. The van der Waals surface area contributed by atoms with Crippen molar-refractivity contribution in [3.8, 4) is 0 Å². The van der Waals surface area contributed by atoms with Crippen LogP contribution in [0.3, 0.4) is 0 Å². The number of H-pyrrole nitrogens is 1. The maximum atomic E-state index is 4.08. The van der Waals surface area contributed by atoms with Gasteiger partial charge in [-0.25, -0.2) is 0 Å². The lowest BCUT2D eigenvalue weighted by Crippen LogP contribution is -1.79. The number of hydrogen-bond acceptors (Lipinski definition) is 2. The first-order chi connectivity index (χ1) is 6.86. The summed E-state index contributed by atoms with van der Waals surface area (Å²) in [6.07, 6.45) is 0. The zero-order valence-corrected chi connectivity index (χ0v) is 7.78. The molecule has 0 atom stereocenters. The van der Waals surface area contributed by atoms with Gasteiger partial charge < -0.3 is 0 Å². The minimum absolute atomic E-state index is 0.950. The van der Waals surface area contributed by atoms with E-state index in [-0.39, 0.29) is 0 Å². The van der Waals surface area contributed by atoms with E-state index in [0.717, 1.165) is 16.4 Å². The van der Waals surface area contributed by atoms with Crippen LogP contribution in [0.5, 0.6) is 0 Å². The molecule has 3 nitrogen and oxygen atoms in total. The van der Waals surface area contributed by atoms with Crippen molar-refractivity contribution in [3.05, 3.63) is 35.9 Å². The lowest BCUT2D eigenvalue weighted by Gasteiger charge is -2.00. The van der Waals surface area contributed by atoms with Gasteiger partial charge in [0.15, 0.2) is 0 Å². The number of nitrogens with zero attached hydrogens (tertiary/aromatic N) is 2. The molecule has 0 aliphatic rings. The molecule has 0 aliphatic carbocycles. The summed E-state index contributed by atoms with van der Waals surface area (Å²) in [4.78, 5) is 0. The molecule has 2 aromatic carbocycles. The van der Waals surface area contributed by atoms with Gasteiger partial charge in [0.25, 0.3) is 0 Å². The predicted molar refractivity (Wildman–Crippen MR) is 56.1 cm³/mol. The van der Waals surface area contributed by atoms with E-state index in [4.69, 9.17) is 0 Å². The normalized spacial score (nSPS) is 11.2. The van der Waals surface area contributed by atoms with Gasteiger partial charge in [0.2, 0.25) is 0 Å². The average molecular weight is 183 g/mol. The highest BCUT2D eigenvalue weighted by Crippen LogP contribution is 2.24. The van der Waals surface area contributed by atoms with Gasteiger partial charge in [-0.1, -0.05) is 29.5 Å². The molecule has 3 heteroatoms. The highest BCUT2D eigenvalue weighted by atomic mass is 15.3. The van der Waals surface area contributed by atoms with Crippen molar-refractivity contribution in [1.29, 1.82) is 0 Å². The largest absolute Gasteiger partial charge is 0.258 e. The number of aromatic amines is 1. The Bertz CT molecular complexity index is 610. The first-order valence-electron chi connectivity index (χ1n) is 4.55. The minimum atomic E-state index is 0.950. The summed E-state index contributed by atoms with van der Waals surface area (Å²) in [5.41, 5.74) is 3.21. The van der Waals surface area contributed by atoms with Crippen molar-refractivity contribution >= 4 is 21.8 Å². The lowest BCUT2D eigenvalue weighted by atomic mass is 10.0. The number of rotatable bonds is 0. The molecule has 68 valence electrons. The molecule has 0 bridgehead atoms. The van der Waals surface area contributed by atoms with Gasteiger partial charge in [-0.05, 0) is 23.9 Å². The zero-order valence-electron chi connectivity index (χ0n) is 7.78. The van der Waals surface area contributed by atoms with Crippen LogP contribution in [-0.4, -0.2) is 15.4 Å². The standard InChI is InChI=1S/C11H9N3/c1-7-3-2-4-9-8(7)5-6-10-11(9)13-14-12-10/h2-6H,1H3,(H,12,13,14). The fourth-order valence-corrected chi connectivity index (χ4v) is 1.83. The van der Waals surface area contributed by atoms with Crippen molar-refractivity contribution in [3.63, 3.8) is 0 Å². The number of nitrogens with one attached hydrogen (secondary N) is 1. The van der Waals surface area contributed by atoms with Crippen molar-refractivity contribution in [2.24, 2.45) is 0 Å². The number of hydrogen-bond donors (Lipinski definition) is 1. The molecule has 0 spiro atoms. The quantitative estimate of drug-likeness (QED) is 0.581. The summed E-state index contributed by atoms with van der Waals surface area (Å²) in [5, 5.41) is 13.2. The summed E-state index contributed by atoms with van der Waals surface area (Å²) in [5.74, 6) is 0. The van der Waals surface area contributed by atoms with Crippen molar-refractivity contribution in [2.75, 3.05) is 0 Å². The third-order valence-corrected chi connectivity index (χ3v) is 2.57. The summed E-state index contributed by atoms with van der Waals surface area (Å²) < 4.78 is 0. The predicted octanol–water partition coefficient (Wildman–Crippen LogP) is 2.42. The van der Waals surface area contributed by atoms with E-state index in [1.165, 1.54) is 10.9 Å². The third-order valence-electron chi connectivity index (χ3n) is 2.57. The van der Waals surface area contributed by atoms with Gasteiger partial charge in [-0.2, -0.15) is 0 Å². The van der Waals surface area contributed by atoms with Crippen molar-refractivity contribution in [1.82, 2.24) is 15.4 Å². The summed E-state index contributed by atoms with van der Waals surface area (Å²) in [6.45, 7) is 2.11. The van der Waals surface area contributed by atoms with E-state index in [1.54, 1.807) is 0 Å². The second-order valence-electron chi connectivity index (χ2n) is 3.44. The monoisotopic (exact) mass is 183 g/mol. The van der Waals surface area contributed by atoms with Gasteiger partial charge in [0, 0.05) is 5.39 Å². The van der Waals surface area contributed by atoms with Crippen LogP contribution in [0.4, 0.5) is 0 Å². The first-order valence-corrected chi connectivity index (χ1v) is 4.55.